The van der Waals surface area contributed by atoms with Gasteiger partial charge in [0.15, 0.2) is 23.7 Å². The number of aliphatic hydroxyl groups excluding tert-OH is 2. The number of hydrogen-bond donors (Lipinski definition) is 3. The maximum Gasteiger partial charge on any atom is 0.194 e. The highest BCUT2D eigenvalue weighted by Gasteiger charge is 2.56. The van der Waals surface area contributed by atoms with Crippen LogP contribution in [0.25, 0.3) is 11.0 Å². The maximum atomic E-state index is 14.1. The predicted octanol–water partition coefficient (Wildman–Crippen LogP) is 1.90. The van der Waals surface area contributed by atoms with Crippen molar-refractivity contribution in [1.82, 2.24) is 14.5 Å². The van der Waals surface area contributed by atoms with E-state index in [1.807, 2.05) is 0 Å². The van der Waals surface area contributed by atoms with Crippen molar-refractivity contribution < 1.29 is 33.2 Å². The molecule has 0 bridgehead atoms. The zero-order chi connectivity index (χ0) is 21.1. The first-order valence-electron chi connectivity index (χ1n) is 8.80. The average Bonchev–Trinajstić information content (AvgIpc) is 3.20. The summed E-state index contributed by atoms with van der Waals surface area (Å²) in [6, 6.07) is 3.22. The highest BCUT2D eigenvalue weighted by atomic mass is 19.2. The van der Waals surface area contributed by atoms with Crippen molar-refractivity contribution in [3.8, 4) is 0 Å². The number of aryl methyl sites for hydroxylation is 1. The third kappa shape index (κ3) is 2.91. The average molecular weight is 409 g/mol. The molecule has 3 heterocycles. The van der Waals surface area contributed by atoms with Gasteiger partial charge in [-0.1, -0.05) is 6.07 Å². The third-order valence-corrected chi connectivity index (χ3v) is 5.38. The van der Waals surface area contributed by atoms with Gasteiger partial charge < -0.3 is 24.6 Å². The number of rotatable bonds is 3. The van der Waals surface area contributed by atoms with E-state index in [0.29, 0.717) is 22.8 Å². The van der Waals surface area contributed by atoms with Crippen molar-refractivity contribution in [1.29, 1.82) is 0 Å². The minimum Gasteiger partial charge on any atom is -0.385 e. The van der Waals surface area contributed by atoms with Crippen LogP contribution in [0.3, 0.4) is 0 Å². The normalized spacial score (nSPS) is 28.2. The number of fused-ring (bicyclic) bond motifs is 1. The van der Waals surface area contributed by atoms with Gasteiger partial charge in [0.1, 0.15) is 35.9 Å². The van der Waals surface area contributed by atoms with Gasteiger partial charge in [-0.15, -0.1) is 0 Å². The zero-order valence-electron chi connectivity index (χ0n) is 15.4. The topological polar surface area (TPSA) is 101 Å². The molecule has 1 fully saturated rings. The lowest BCUT2D eigenvalue weighted by atomic mass is 9.88. The van der Waals surface area contributed by atoms with E-state index in [1.54, 1.807) is 19.2 Å². The summed E-state index contributed by atoms with van der Waals surface area (Å²) in [4.78, 5) is 8.24. The Kier molecular flexibility index (Phi) is 4.61. The summed E-state index contributed by atoms with van der Waals surface area (Å²) in [6.45, 7) is 2.98. The largest absolute Gasteiger partial charge is 0.385 e. The van der Waals surface area contributed by atoms with E-state index in [-0.39, 0.29) is 0 Å². The number of benzene rings is 1. The van der Waals surface area contributed by atoms with E-state index in [0.717, 1.165) is 6.07 Å². The molecule has 10 heteroatoms. The van der Waals surface area contributed by atoms with Crippen LogP contribution >= 0.6 is 0 Å². The molecule has 0 radical (unpaired) electrons. The molecule has 0 spiro atoms. The van der Waals surface area contributed by atoms with Gasteiger partial charge in [0.25, 0.3) is 0 Å². The van der Waals surface area contributed by atoms with Crippen molar-refractivity contribution in [2.75, 3.05) is 0 Å². The molecule has 5 atom stereocenters. The van der Waals surface area contributed by atoms with E-state index in [4.69, 9.17) is 4.74 Å². The van der Waals surface area contributed by atoms with Crippen LogP contribution in [0.2, 0.25) is 0 Å². The Hall–Kier alpha value is -2.53. The number of aliphatic hydroxyl groups is 3. The molecule has 3 N–H and O–H groups in total. The van der Waals surface area contributed by atoms with Crippen LogP contribution in [0.1, 0.15) is 30.5 Å². The first-order chi connectivity index (χ1) is 13.6. The Morgan fingerprint density at radius 3 is 2.62 bits per heavy atom. The number of nitrogens with zero attached hydrogens (tertiary/aromatic N) is 3. The molecule has 4 rings (SSSR count). The van der Waals surface area contributed by atoms with Crippen LogP contribution in [0, 0.1) is 24.4 Å². The molecule has 1 aliphatic rings. The Bertz CT molecular complexity index is 1090. The van der Waals surface area contributed by atoms with E-state index < -0.39 is 53.2 Å². The summed E-state index contributed by atoms with van der Waals surface area (Å²) >= 11 is 0. The minimum atomic E-state index is -2.04. The Labute approximate surface area is 163 Å². The second kappa shape index (κ2) is 6.77. The van der Waals surface area contributed by atoms with Gasteiger partial charge in [-0.3, -0.25) is 0 Å². The second-order valence-electron chi connectivity index (χ2n) is 7.25. The molecule has 1 saturated heterocycles. The van der Waals surface area contributed by atoms with E-state index in [2.05, 4.69) is 9.97 Å². The second-order valence-corrected chi connectivity index (χ2v) is 7.25. The van der Waals surface area contributed by atoms with E-state index in [1.165, 1.54) is 17.8 Å². The molecular formula is C19H18F3N3O4. The molecule has 29 heavy (non-hydrogen) atoms. The van der Waals surface area contributed by atoms with Crippen molar-refractivity contribution in [3.05, 3.63) is 59.4 Å². The van der Waals surface area contributed by atoms with Gasteiger partial charge in [-0.2, -0.15) is 0 Å². The summed E-state index contributed by atoms with van der Waals surface area (Å²) in [6.07, 6.45) is -3.23. The van der Waals surface area contributed by atoms with Crippen LogP contribution < -0.4 is 0 Å². The van der Waals surface area contributed by atoms with Crippen LogP contribution in [0.5, 0.6) is 0 Å². The quantitative estimate of drug-likeness (QED) is 0.572. The number of hydrogen-bond acceptors (Lipinski definition) is 6. The molecule has 1 aliphatic heterocycles. The van der Waals surface area contributed by atoms with Crippen LogP contribution in [0.4, 0.5) is 13.2 Å². The van der Waals surface area contributed by atoms with Gasteiger partial charge in [-0.25, -0.2) is 23.1 Å². The molecular weight excluding hydrogens is 391 g/mol. The summed E-state index contributed by atoms with van der Waals surface area (Å²) in [5.41, 5.74) is -1.53. The van der Waals surface area contributed by atoms with E-state index in [9.17, 15) is 28.5 Å². The molecule has 0 amide bonds. The standard InChI is InChI=1S/C19H18F3N3O4/c1-8-9-5-6-25(17(9)24-7-23-8)18-15(27)19(2,28)16(29-18)14(26)10-3-4-11(20)13(22)12(10)21/h3-7,14-16,18,26-28H,1-2H3/t14-,15-,16+,18+,19-/m0/s1. The fraction of sp³-hybridized carbons (Fsp3) is 0.368. The third-order valence-electron chi connectivity index (χ3n) is 5.38. The Morgan fingerprint density at radius 2 is 1.90 bits per heavy atom. The molecule has 2 aromatic heterocycles. The highest BCUT2D eigenvalue weighted by molar-refractivity contribution is 5.78. The SMILES string of the molecule is Cc1ncnc2c1ccn2[C@@H]1O[C@H]([C@@H](O)c2ccc(F)c(F)c2F)[C@@](C)(O)[C@H]1O. The molecule has 3 aromatic rings. The summed E-state index contributed by atoms with van der Waals surface area (Å²) in [5, 5.41) is 32.7. The molecule has 154 valence electrons. The number of halogens is 3. The van der Waals surface area contributed by atoms with Crippen molar-refractivity contribution in [2.24, 2.45) is 0 Å². The summed E-state index contributed by atoms with van der Waals surface area (Å²) in [5.74, 6) is -4.76. The lowest BCUT2D eigenvalue weighted by Crippen LogP contribution is -2.47. The van der Waals surface area contributed by atoms with Gasteiger partial charge in [0, 0.05) is 17.1 Å². The highest BCUT2D eigenvalue weighted by Crippen LogP contribution is 2.44. The number of ether oxygens (including phenoxy) is 1. The van der Waals surface area contributed by atoms with Gasteiger partial charge in [0.2, 0.25) is 0 Å². The molecule has 1 aromatic carbocycles. The molecule has 0 saturated carbocycles. The van der Waals surface area contributed by atoms with Gasteiger partial charge in [0.05, 0.1) is 5.69 Å². The number of aromatic nitrogens is 3. The van der Waals surface area contributed by atoms with Gasteiger partial charge in [-0.05, 0) is 26.0 Å². The monoisotopic (exact) mass is 409 g/mol. The zero-order valence-corrected chi connectivity index (χ0v) is 15.4. The minimum absolute atomic E-state index is 0.423. The lowest BCUT2D eigenvalue weighted by Gasteiger charge is -2.29. The fourth-order valence-corrected chi connectivity index (χ4v) is 3.67. The van der Waals surface area contributed by atoms with E-state index >= 15 is 0 Å². The smallest absolute Gasteiger partial charge is 0.194 e. The maximum absolute atomic E-state index is 14.1. The van der Waals surface area contributed by atoms with Crippen molar-refractivity contribution in [2.45, 2.75) is 44.0 Å². The van der Waals surface area contributed by atoms with Crippen LogP contribution in [-0.4, -0.2) is 47.7 Å². The summed E-state index contributed by atoms with van der Waals surface area (Å²) < 4.78 is 48.1. The van der Waals surface area contributed by atoms with Crippen molar-refractivity contribution >= 4 is 11.0 Å². The van der Waals surface area contributed by atoms with Crippen LogP contribution in [-0.2, 0) is 4.74 Å². The Morgan fingerprint density at radius 1 is 1.17 bits per heavy atom. The lowest BCUT2D eigenvalue weighted by molar-refractivity contribution is -0.115. The predicted molar refractivity (Wildman–Crippen MR) is 94.1 cm³/mol. The van der Waals surface area contributed by atoms with Crippen molar-refractivity contribution in [3.63, 3.8) is 0 Å². The first kappa shape index (κ1) is 19.8. The first-order valence-corrected chi connectivity index (χ1v) is 8.80. The van der Waals surface area contributed by atoms with Gasteiger partial charge >= 0.3 is 0 Å². The fourth-order valence-electron chi connectivity index (χ4n) is 3.67. The molecule has 0 aliphatic carbocycles. The summed E-state index contributed by atoms with van der Waals surface area (Å²) in [7, 11) is 0. The molecule has 7 nitrogen and oxygen atoms in total. The van der Waals surface area contributed by atoms with Crippen LogP contribution in [0.15, 0.2) is 30.7 Å². The Balaban J connectivity index is 1.73. The molecule has 0 unspecified atom stereocenters.